The third-order valence-corrected chi connectivity index (χ3v) is 3.32. The second-order valence-electron chi connectivity index (χ2n) is 5.29. The van der Waals surface area contributed by atoms with Gasteiger partial charge in [0.2, 0.25) is 0 Å². The molecular weight excluding hydrogens is 288 g/mol. The van der Waals surface area contributed by atoms with Crippen molar-refractivity contribution in [3.8, 4) is 23.0 Å². The zero-order valence-corrected chi connectivity index (χ0v) is 12.8. The van der Waals surface area contributed by atoms with Gasteiger partial charge in [-0.1, -0.05) is 6.07 Å². The molecule has 4 N–H and O–H groups in total. The molecule has 0 spiro atoms. The van der Waals surface area contributed by atoms with Gasteiger partial charge in [0, 0.05) is 11.4 Å². The number of benzene rings is 3. The number of aryl methyl sites for hydroxylation is 1. The smallest absolute Gasteiger partial charge is 0.170 e. The van der Waals surface area contributed by atoms with Crippen molar-refractivity contribution >= 4 is 11.4 Å². The molecule has 3 aromatic carbocycles. The maximum atomic E-state index is 5.94. The summed E-state index contributed by atoms with van der Waals surface area (Å²) in [5, 5.41) is 0. The van der Waals surface area contributed by atoms with E-state index < -0.39 is 0 Å². The second kappa shape index (κ2) is 6.32. The number of hydrogen-bond acceptors (Lipinski definition) is 4. The van der Waals surface area contributed by atoms with E-state index in [1.54, 1.807) is 24.3 Å². The van der Waals surface area contributed by atoms with Gasteiger partial charge in [0.1, 0.15) is 11.5 Å². The minimum atomic E-state index is 0.636. The minimum absolute atomic E-state index is 0.636. The van der Waals surface area contributed by atoms with Gasteiger partial charge in [-0.25, -0.2) is 0 Å². The molecule has 4 nitrogen and oxygen atoms in total. The molecule has 0 amide bonds. The van der Waals surface area contributed by atoms with Crippen molar-refractivity contribution in [2.24, 2.45) is 0 Å². The van der Waals surface area contributed by atoms with Gasteiger partial charge in [0.15, 0.2) is 11.5 Å². The molecule has 0 heterocycles. The highest BCUT2D eigenvalue weighted by Crippen LogP contribution is 2.35. The van der Waals surface area contributed by atoms with E-state index in [1.165, 1.54) is 0 Å². The second-order valence-corrected chi connectivity index (χ2v) is 5.29. The first-order chi connectivity index (χ1) is 11.1. The fraction of sp³-hybridized carbons (Fsp3) is 0.0526. The van der Waals surface area contributed by atoms with Gasteiger partial charge in [-0.2, -0.15) is 0 Å². The molecule has 4 heteroatoms. The SMILES string of the molecule is Cc1ccc(Oc2ccc(N)cc2)c(Oc2ccc(N)cc2)c1. The number of nitrogens with two attached hydrogens (primary N) is 2. The van der Waals surface area contributed by atoms with Gasteiger partial charge in [0.05, 0.1) is 0 Å². The molecule has 0 aliphatic carbocycles. The topological polar surface area (TPSA) is 70.5 Å². The highest BCUT2D eigenvalue weighted by Gasteiger charge is 2.08. The van der Waals surface area contributed by atoms with E-state index in [0.717, 1.165) is 5.56 Å². The maximum absolute atomic E-state index is 5.94. The fourth-order valence-corrected chi connectivity index (χ4v) is 2.11. The van der Waals surface area contributed by atoms with E-state index in [4.69, 9.17) is 20.9 Å². The highest BCUT2D eigenvalue weighted by molar-refractivity contribution is 5.50. The van der Waals surface area contributed by atoms with Gasteiger partial charge in [0.25, 0.3) is 0 Å². The molecule has 23 heavy (non-hydrogen) atoms. The summed E-state index contributed by atoms with van der Waals surface area (Å²) in [6.07, 6.45) is 0. The lowest BCUT2D eigenvalue weighted by Crippen LogP contribution is -1.92. The van der Waals surface area contributed by atoms with E-state index in [-0.39, 0.29) is 0 Å². The Balaban J connectivity index is 1.88. The number of ether oxygens (including phenoxy) is 2. The zero-order valence-electron chi connectivity index (χ0n) is 12.8. The Morgan fingerprint density at radius 1 is 0.609 bits per heavy atom. The third kappa shape index (κ3) is 3.74. The lowest BCUT2D eigenvalue weighted by atomic mass is 10.2. The predicted octanol–water partition coefficient (Wildman–Crippen LogP) is 4.74. The van der Waals surface area contributed by atoms with Crippen LogP contribution in [0.25, 0.3) is 0 Å². The van der Waals surface area contributed by atoms with E-state index >= 15 is 0 Å². The summed E-state index contributed by atoms with van der Waals surface area (Å²) >= 11 is 0. The van der Waals surface area contributed by atoms with Crippen LogP contribution in [0.3, 0.4) is 0 Å². The molecule has 0 aliphatic rings. The van der Waals surface area contributed by atoms with Crippen molar-refractivity contribution in [1.29, 1.82) is 0 Å². The summed E-state index contributed by atoms with van der Waals surface area (Å²) in [6, 6.07) is 20.3. The van der Waals surface area contributed by atoms with E-state index in [9.17, 15) is 0 Å². The van der Waals surface area contributed by atoms with Crippen LogP contribution < -0.4 is 20.9 Å². The maximum Gasteiger partial charge on any atom is 0.170 e. The van der Waals surface area contributed by atoms with Crippen molar-refractivity contribution in [1.82, 2.24) is 0 Å². The summed E-state index contributed by atoms with van der Waals surface area (Å²) in [7, 11) is 0. The monoisotopic (exact) mass is 306 g/mol. The van der Waals surface area contributed by atoms with Crippen molar-refractivity contribution in [2.45, 2.75) is 6.92 Å². The van der Waals surface area contributed by atoms with Crippen molar-refractivity contribution < 1.29 is 9.47 Å². The largest absolute Gasteiger partial charge is 0.453 e. The Labute approximate surface area is 135 Å². The van der Waals surface area contributed by atoms with Crippen molar-refractivity contribution in [2.75, 3.05) is 11.5 Å². The van der Waals surface area contributed by atoms with Gasteiger partial charge >= 0.3 is 0 Å². The summed E-state index contributed by atoms with van der Waals surface area (Å²) in [5.41, 5.74) is 13.9. The molecular formula is C19H18N2O2. The Kier molecular flexibility index (Phi) is 4.06. The van der Waals surface area contributed by atoms with E-state index in [2.05, 4.69) is 0 Å². The number of hydrogen-bond donors (Lipinski definition) is 2. The molecule has 0 aliphatic heterocycles. The molecule has 0 unspecified atom stereocenters. The minimum Gasteiger partial charge on any atom is -0.453 e. The standard InChI is InChI=1S/C19H18N2O2/c1-13-2-11-18(22-16-7-3-14(20)4-8-16)19(12-13)23-17-9-5-15(21)6-10-17/h2-12H,20-21H2,1H3. The number of anilines is 2. The van der Waals surface area contributed by atoms with Crippen molar-refractivity contribution in [3.05, 3.63) is 72.3 Å². The molecule has 3 rings (SSSR count). The van der Waals surface area contributed by atoms with Crippen LogP contribution in [0, 0.1) is 6.92 Å². The summed E-state index contributed by atoms with van der Waals surface area (Å²) in [4.78, 5) is 0. The summed E-state index contributed by atoms with van der Waals surface area (Å²) < 4.78 is 11.8. The normalized spacial score (nSPS) is 10.3. The van der Waals surface area contributed by atoms with E-state index in [1.807, 2.05) is 49.4 Å². The van der Waals surface area contributed by atoms with E-state index in [0.29, 0.717) is 34.4 Å². The molecule has 3 aromatic rings. The van der Waals surface area contributed by atoms with Crippen LogP contribution in [-0.2, 0) is 0 Å². The Morgan fingerprint density at radius 3 is 1.61 bits per heavy atom. The molecule has 0 bridgehead atoms. The lowest BCUT2D eigenvalue weighted by molar-refractivity contribution is 0.418. The molecule has 116 valence electrons. The third-order valence-electron chi connectivity index (χ3n) is 3.32. The number of rotatable bonds is 4. The Morgan fingerprint density at radius 2 is 1.09 bits per heavy atom. The highest BCUT2D eigenvalue weighted by atomic mass is 16.5. The summed E-state index contributed by atoms with van der Waals surface area (Å²) in [6.45, 7) is 2.00. The Hall–Kier alpha value is -3.14. The van der Waals surface area contributed by atoms with Gasteiger partial charge in [-0.3, -0.25) is 0 Å². The lowest BCUT2D eigenvalue weighted by Gasteiger charge is -2.13. The average Bonchev–Trinajstić information content (AvgIpc) is 2.54. The first-order valence-corrected chi connectivity index (χ1v) is 7.27. The molecule has 0 saturated heterocycles. The predicted molar refractivity (Wildman–Crippen MR) is 93.0 cm³/mol. The van der Waals surface area contributed by atoms with Crippen LogP contribution >= 0.6 is 0 Å². The molecule has 0 atom stereocenters. The first kappa shape index (κ1) is 14.8. The molecule has 0 aromatic heterocycles. The fourth-order valence-electron chi connectivity index (χ4n) is 2.11. The molecule has 0 fully saturated rings. The van der Waals surface area contributed by atoms with Gasteiger partial charge < -0.3 is 20.9 Å². The van der Waals surface area contributed by atoms with Crippen LogP contribution in [0.4, 0.5) is 11.4 Å². The van der Waals surface area contributed by atoms with Crippen LogP contribution in [-0.4, -0.2) is 0 Å². The van der Waals surface area contributed by atoms with Crippen LogP contribution in [0.1, 0.15) is 5.56 Å². The average molecular weight is 306 g/mol. The zero-order chi connectivity index (χ0) is 16.2. The molecule has 0 radical (unpaired) electrons. The van der Waals surface area contributed by atoms with Crippen LogP contribution in [0.5, 0.6) is 23.0 Å². The quantitative estimate of drug-likeness (QED) is 0.683. The van der Waals surface area contributed by atoms with Gasteiger partial charge in [-0.15, -0.1) is 0 Å². The van der Waals surface area contributed by atoms with Gasteiger partial charge in [-0.05, 0) is 73.2 Å². The van der Waals surface area contributed by atoms with Crippen LogP contribution in [0.15, 0.2) is 66.7 Å². The Bertz CT molecular complexity index is 797. The first-order valence-electron chi connectivity index (χ1n) is 7.27. The van der Waals surface area contributed by atoms with Crippen LogP contribution in [0.2, 0.25) is 0 Å². The summed E-state index contributed by atoms with van der Waals surface area (Å²) in [5.74, 6) is 2.68. The van der Waals surface area contributed by atoms with Crippen molar-refractivity contribution in [3.63, 3.8) is 0 Å². The number of nitrogen functional groups attached to an aromatic ring is 2. The molecule has 0 saturated carbocycles.